The van der Waals surface area contributed by atoms with Crippen LogP contribution in [-0.2, 0) is 11.0 Å². The third-order valence-electron chi connectivity index (χ3n) is 2.07. The SMILES string of the molecule is CC(/C=C/c1ccccc1)=N\S(=O)C(C)(C)C. The molecule has 0 spiro atoms. The van der Waals surface area contributed by atoms with Crippen LogP contribution in [0.5, 0.6) is 0 Å². The number of allylic oxidation sites excluding steroid dienone is 1. The van der Waals surface area contributed by atoms with Crippen LogP contribution in [0.25, 0.3) is 6.08 Å². The number of hydrogen-bond donors (Lipinski definition) is 0. The molecular weight excluding hydrogens is 230 g/mol. The molecule has 3 heteroatoms. The van der Waals surface area contributed by atoms with Crippen LogP contribution in [0.1, 0.15) is 33.3 Å². The lowest BCUT2D eigenvalue weighted by atomic mass is 10.2. The van der Waals surface area contributed by atoms with E-state index in [1.165, 1.54) is 0 Å². The summed E-state index contributed by atoms with van der Waals surface area (Å²) in [6.07, 6.45) is 3.86. The minimum Gasteiger partial charge on any atom is -0.234 e. The van der Waals surface area contributed by atoms with Gasteiger partial charge in [-0.2, -0.15) is 4.40 Å². The van der Waals surface area contributed by atoms with Crippen molar-refractivity contribution in [2.24, 2.45) is 4.40 Å². The molecule has 0 saturated heterocycles. The van der Waals surface area contributed by atoms with Crippen molar-refractivity contribution in [3.05, 3.63) is 42.0 Å². The second kappa shape index (κ2) is 5.92. The fraction of sp³-hybridized carbons (Fsp3) is 0.357. The lowest BCUT2D eigenvalue weighted by Gasteiger charge is -2.13. The Morgan fingerprint density at radius 3 is 2.35 bits per heavy atom. The third-order valence-corrected chi connectivity index (χ3v) is 3.57. The number of benzene rings is 1. The van der Waals surface area contributed by atoms with Crippen molar-refractivity contribution in [3.8, 4) is 0 Å². The quantitative estimate of drug-likeness (QED) is 0.752. The lowest BCUT2D eigenvalue weighted by Crippen LogP contribution is -2.20. The fourth-order valence-corrected chi connectivity index (χ4v) is 1.68. The molecule has 92 valence electrons. The zero-order chi connectivity index (χ0) is 12.9. The molecule has 0 aliphatic rings. The largest absolute Gasteiger partial charge is 0.234 e. The monoisotopic (exact) mass is 249 g/mol. The maximum Gasteiger partial charge on any atom is 0.145 e. The van der Waals surface area contributed by atoms with Gasteiger partial charge in [0, 0.05) is 5.71 Å². The molecule has 1 unspecified atom stereocenters. The van der Waals surface area contributed by atoms with Crippen LogP contribution in [-0.4, -0.2) is 14.7 Å². The summed E-state index contributed by atoms with van der Waals surface area (Å²) in [5.74, 6) is 0. The van der Waals surface area contributed by atoms with E-state index in [-0.39, 0.29) is 4.75 Å². The second-order valence-electron chi connectivity index (χ2n) is 4.84. The number of hydrogen-bond acceptors (Lipinski definition) is 1. The summed E-state index contributed by atoms with van der Waals surface area (Å²) in [5.41, 5.74) is 1.89. The Kier molecular flexibility index (Phi) is 4.82. The van der Waals surface area contributed by atoms with Gasteiger partial charge in [-0.3, -0.25) is 0 Å². The smallest absolute Gasteiger partial charge is 0.145 e. The Morgan fingerprint density at radius 1 is 1.24 bits per heavy atom. The molecule has 0 radical (unpaired) electrons. The lowest BCUT2D eigenvalue weighted by molar-refractivity contribution is 0.650. The van der Waals surface area contributed by atoms with E-state index in [2.05, 4.69) is 4.40 Å². The van der Waals surface area contributed by atoms with Crippen molar-refractivity contribution in [2.75, 3.05) is 0 Å². The first-order valence-corrected chi connectivity index (χ1v) is 6.71. The van der Waals surface area contributed by atoms with E-state index in [1.54, 1.807) is 0 Å². The Labute approximate surface area is 106 Å². The summed E-state index contributed by atoms with van der Waals surface area (Å²) >= 11 is 0. The van der Waals surface area contributed by atoms with Gasteiger partial charge in [-0.15, -0.1) is 0 Å². The van der Waals surface area contributed by atoms with E-state index in [0.29, 0.717) is 0 Å². The average Bonchev–Trinajstić information content (AvgIpc) is 2.26. The molecule has 1 aromatic carbocycles. The van der Waals surface area contributed by atoms with Crippen LogP contribution >= 0.6 is 0 Å². The highest BCUT2D eigenvalue weighted by Crippen LogP contribution is 2.12. The van der Waals surface area contributed by atoms with E-state index in [0.717, 1.165) is 11.3 Å². The van der Waals surface area contributed by atoms with E-state index < -0.39 is 11.0 Å². The molecule has 2 nitrogen and oxygen atoms in total. The predicted molar refractivity (Wildman–Crippen MR) is 76.5 cm³/mol. The van der Waals surface area contributed by atoms with Crippen LogP contribution < -0.4 is 0 Å². The van der Waals surface area contributed by atoms with Crippen molar-refractivity contribution in [1.82, 2.24) is 0 Å². The summed E-state index contributed by atoms with van der Waals surface area (Å²) in [7, 11) is -1.19. The van der Waals surface area contributed by atoms with Crippen LogP contribution in [0.4, 0.5) is 0 Å². The molecule has 0 aliphatic carbocycles. The molecule has 17 heavy (non-hydrogen) atoms. The van der Waals surface area contributed by atoms with Gasteiger partial charge in [0.05, 0.1) is 4.75 Å². The molecule has 0 aromatic heterocycles. The van der Waals surface area contributed by atoms with Gasteiger partial charge < -0.3 is 0 Å². The van der Waals surface area contributed by atoms with Crippen molar-refractivity contribution in [2.45, 2.75) is 32.4 Å². The maximum atomic E-state index is 11.8. The molecule has 1 atom stereocenters. The Balaban J connectivity index is 2.73. The standard InChI is InChI=1S/C14H19NOS/c1-12(15-17(16)14(2,3)4)10-11-13-8-6-5-7-9-13/h5-11H,1-4H3/b11-10+,15-12+. The molecule has 1 rings (SSSR count). The Bertz CT molecular complexity index is 441. The molecule has 0 amide bonds. The minimum atomic E-state index is -1.19. The normalized spacial score (nSPS) is 15.2. The summed E-state index contributed by atoms with van der Waals surface area (Å²) in [5, 5.41) is 0. The van der Waals surface area contributed by atoms with Crippen LogP contribution in [0.15, 0.2) is 40.8 Å². The summed E-state index contributed by atoms with van der Waals surface area (Å²) in [6.45, 7) is 7.62. The number of rotatable bonds is 3. The minimum absolute atomic E-state index is 0.304. The predicted octanol–water partition coefficient (Wildman–Crippen LogP) is 3.62. The summed E-state index contributed by atoms with van der Waals surface area (Å²) in [6, 6.07) is 9.99. The molecule has 0 heterocycles. The summed E-state index contributed by atoms with van der Waals surface area (Å²) in [4.78, 5) is 0. The van der Waals surface area contributed by atoms with Crippen molar-refractivity contribution >= 4 is 22.8 Å². The van der Waals surface area contributed by atoms with Crippen LogP contribution in [0.3, 0.4) is 0 Å². The van der Waals surface area contributed by atoms with E-state index in [9.17, 15) is 4.21 Å². The van der Waals surface area contributed by atoms with Crippen molar-refractivity contribution < 1.29 is 4.21 Å². The highest BCUT2D eigenvalue weighted by molar-refractivity contribution is 7.85. The van der Waals surface area contributed by atoms with E-state index >= 15 is 0 Å². The van der Waals surface area contributed by atoms with Gasteiger partial charge in [0.15, 0.2) is 0 Å². The molecule has 0 fully saturated rings. The Morgan fingerprint density at radius 2 is 1.82 bits per heavy atom. The number of nitrogens with zero attached hydrogens (tertiary/aromatic N) is 1. The van der Waals surface area contributed by atoms with Gasteiger partial charge in [0.2, 0.25) is 0 Å². The van der Waals surface area contributed by atoms with Gasteiger partial charge in [0.25, 0.3) is 0 Å². The van der Waals surface area contributed by atoms with Crippen LogP contribution in [0, 0.1) is 0 Å². The molecule has 0 aliphatic heterocycles. The second-order valence-corrected chi connectivity index (χ2v) is 6.74. The average molecular weight is 249 g/mol. The molecule has 0 N–H and O–H groups in total. The van der Waals surface area contributed by atoms with Crippen molar-refractivity contribution in [3.63, 3.8) is 0 Å². The first kappa shape index (κ1) is 13.8. The maximum absolute atomic E-state index is 11.8. The first-order chi connectivity index (χ1) is 7.89. The molecule has 0 saturated carbocycles. The zero-order valence-electron chi connectivity index (χ0n) is 10.8. The van der Waals surface area contributed by atoms with Gasteiger partial charge in [0.1, 0.15) is 11.0 Å². The Hall–Kier alpha value is -1.22. The van der Waals surface area contributed by atoms with E-state index in [4.69, 9.17) is 0 Å². The van der Waals surface area contributed by atoms with Gasteiger partial charge >= 0.3 is 0 Å². The molecular formula is C14H19NOS. The highest BCUT2D eigenvalue weighted by Gasteiger charge is 2.18. The summed E-state index contributed by atoms with van der Waals surface area (Å²) < 4.78 is 15.6. The van der Waals surface area contributed by atoms with Gasteiger partial charge in [-0.1, -0.05) is 36.4 Å². The van der Waals surface area contributed by atoms with Gasteiger partial charge in [-0.25, -0.2) is 4.21 Å². The molecule has 0 bridgehead atoms. The fourth-order valence-electron chi connectivity index (χ4n) is 1.08. The van der Waals surface area contributed by atoms with E-state index in [1.807, 2.05) is 70.2 Å². The zero-order valence-corrected chi connectivity index (χ0v) is 11.6. The van der Waals surface area contributed by atoms with Crippen LogP contribution in [0.2, 0.25) is 0 Å². The highest BCUT2D eigenvalue weighted by atomic mass is 32.2. The molecule has 1 aromatic rings. The van der Waals surface area contributed by atoms with Gasteiger partial charge in [-0.05, 0) is 39.3 Å². The first-order valence-electron chi connectivity index (χ1n) is 5.60. The van der Waals surface area contributed by atoms with Crippen molar-refractivity contribution in [1.29, 1.82) is 0 Å². The third kappa shape index (κ3) is 5.09. The topological polar surface area (TPSA) is 29.4 Å².